The molecule has 0 aliphatic heterocycles. The highest BCUT2D eigenvalue weighted by molar-refractivity contribution is 5.78. The molecule has 138 valence electrons. The minimum absolute atomic E-state index is 0.0426. The zero-order valence-electron chi connectivity index (χ0n) is 15.4. The van der Waals surface area contributed by atoms with Gasteiger partial charge in [-0.2, -0.15) is 0 Å². The number of hydrogen-bond donors (Lipinski definition) is 0. The molecule has 3 aromatic carbocycles. The predicted molar refractivity (Wildman–Crippen MR) is 112 cm³/mol. The van der Waals surface area contributed by atoms with Gasteiger partial charge in [0.25, 0.3) is 0 Å². The molecule has 0 saturated heterocycles. The molecule has 0 amide bonds. The minimum atomic E-state index is -0.0426. The SMILES string of the molecule is O=c1cc(C/C=C/c2ccccc2)oc2cc(OCc3ccccc3)ccc12. The van der Waals surface area contributed by atoms with E-state index in [-0.39, 0.29) is 5.43 Å². The molecule has 0 radical (unpaired) electrons. The number of hydrogen-bond acceptors (Lipinski definition) is 3. The van der Waals surface area contributed by atoms with Crippen molar-refractivity contribution >= 4 is 17.0 Å². The van der Waals surface area contributed by atoms with E-state index in [1.165, 1.54) is 0 Å². The van der Waals surface area contributed by atoms with Crippen LogP contribution >= 0.6 is 0 Å². The molecule has 0 aliphatic carbocycles. The molecule has 0 fully saturated rings. The Bertz CT molecular complexity index is 1140. The van der Waals surface area contributed by atoms with Gasteiger partial charge in [-0.25, -0.2) is 0 Å². The highest BCUT2D eigenvalue weighted by Gasteiger charge is 2.06. The van der Waals surface area contributed by atoms with Crippen molar-refractivity contribution in [3.8, 4) is 5.75 Å². The zero-order chi connectivity index (χ0) is 19.2. The van der Waals surface area contributed by atoms with Gasteiger partial charge in [-0.3, -0.25) is 4.79 Å². The fourth-order valence-corrected chi connectivity index (χ4v) is 2.99. The lowest BCUT2D eigenvalue weighted by molar-refractivity contribution is 0.306. The van der Waals surface area contributed by atoms with Gasteiger partial charge in [0, 0.05) is 18.6 Å². The van der Waals surface area contributed by atoms with Crippen LogP contribution in [0.4, 0.5) is 0 Å². The fraction of sp³-hybridized carbons (Fsp3) is 0.0800. The molecule has 3 heteroatoms. The third-order valence-corrected chi connectivity index (χ3v) is 4.43. The maximum absolute atomic E-state index is 12.4. The van der Waals surface area contributed by atoms with Crippen LogP contribution in [0.5, 0.6) is 5.75 Å². The fourth-order valence-electron chi connectivity index (χ4n) is 2.99. The van der Waals surface area contributed by atoms with Gasteiger partial charge in [-0.1, -0.05) is 72.8 Å². The lowest BCUT2D eigenvalue weighted by Gasteiger charge is -2.07. The maximum atomic E-state index is 12.4. The Balaban J connectivity index is 1.52. The molecule has 0 saturated carbocycles. The first-order valence-electron chi connectivity index (χ1n) is 9.23. The molecule has 4 rings (SSSR count). The first-order valence-corrected chi connectivity index (χ1v) is 9.23. The average Bonchev–Trinajstić information content (AvgIpc) is 2.73. The van der Waals surface area contributed by atoms with Crippen LogP contribution in [0.25, 0.3) is 17.0 Å². The Morgan fingerprint density at radius 1 is 0.857 bits per heavy atom. The van der Waals surface area contributed by atoms with Gasteiger partial charge in [0.2, 0.25) is 0 Å². The van der Waals surface area contributed by atoms with E-state index in [2.05, 4.69) is 0 Å². The third-order valence-electron chi connectivity index (χ3n) is 4.43. The van der Waals surface area contributed by atoms with Crippen LogP contribution in [-0.4, -0.2) is 0 Å². The molecular weight excluding hydrogens is 348 g/mol. The Morgan fingerprint density at radius 3 is 2.39 bits per heavy atom. The first kappa shape index (κ1) is 17.8. The zero-order valence-corrected chi connectivity index (χ0v) is 15.4. The summed E-state index contributed by atoms with van der Waals surface area (Å²) in [5, 5.41) is 0.558. The van der Waals surface area contributed by atoms with Crippen molar-refractivity contribution in [2.24, 2.45) is 0 Å². The summed E-state index contributed by atoms with van der Waals surface area (Å²) >= 11 is 0. The highest BCUT2D eigenvalue weighted by atomic mass is 16.5. The van der Waals surface area contributed by atoms with E-state index in [1.54, 1.807) is 24.3 Å². The summed E-state index contributed by atoms with van der Waals surface area (Å²) in [6.45, 7) is 0.468. The van der Waals surface area contributed by atoms with Gasteiger partial charge in [-0.15, -0.1) is 0 Å². The predicted octanol–water partition coefficient (Wildman–Crippen LogP) is 5.63. The Kier molecular flexibility index (Phi) is 5.34. The normalized spacial score (nSPS) is 11.1. The standard InChI is InChI=1S/C25H20O3/c26-24-16-22(13-7-12-19-8-3-1-4-9-19)28-25-17-21(14-15-23(24)25)27-18-20-10-5-2-6-11-20/h1-12,14-17H,13,18H2/b12-7+. The van der Waals surface area contributed by atoms with Crippen LogP contribution in [-0.2, 0) is 13.0 Å². The van der Waals surface area contributed by atoms with E-state index in [1.807, 2.05) is 72.8 Å². The number of rotatable bonds is 6. The lowest BCUT2D eigenvalue weighted by atomic mass is 10.1. The molecule has 28 heavy (non-hydrogen) atoms. The van der Waals surface area contributed by atoms with Crippen molar-refractivity contribution in [3.63, 3.8) is 0 Å². The molecule has 4 aromatic rings. The molecule has 0 spiro atoms. The van der Waals surface area contributed by atoms with Crippen molar-refractivity contribution in [2.75, 3.05) is 0 Å². The maximum Gasteiger partial charge on any atom is 0.192 e. The van der Waals surface area contributed by atoms with Crippen molar-refractivity contribution in [1.29, 1.82) is 0 Å². The summed E-state index contributed by atoms with van der Waals surface area (Å²) in [4.78, 5) is 12.4. The van der Waals surface area contributed by atoms with Gasteiger partial charge in [-0.05, 0) is 23.3 Å². The molecule has 0 atom stereocenters. The topological polar surface area (TPSA) is 39.4 Å². The van der Waals surface area contributed by atoms with Gasteiger partial charge in [0.1, 0.15) is 23.7 Å². The van der Waals surface area contributed by atoms with E-state index < -0.39 is 0 Å². The van der Waals surface area contributed by atoms with Crippen molar-refractivity contribution in [1.82, 2.24) is 0 Å². The van der Waals surface area contributed by atoms with E-state index >= 15 is 0 Å². The Morgan fingerprint density at radius 2 is 1.61 bits per heavy atom. The Hall–Kier alpha value is -3.59. The number of ether oxygens (including phenoxy) is 1. The molecule has 0 aliphatic rings. The minimum Gasteiger partial charge on any atom is -0.489 e. The van der Waals surface area contributed by atoms with Crippen molar-refractivity contribution in [2.45, 2.75) is 13.0 Å². The summed E-state index contributed by atoms with van der Waals surface area (Å²) in [5.74, 6) is 1.31. The van der Waals surface area contributed by atoms with E-state index in [9.17, 15) is 4.79 Å². The summed E-state index contributed by atoms with van der Waals surface area (Å²) in [6, 6.07) is 26.9. The van der Waals surface area contributed by atoms with Crippen LogP contribution in [0.2, 0.25) is 0 Å². The number of allylic oxidation sites excluding steroid dienone is 1. The molecule has 3 nitrogen and oxygen atoms in total. The number of benzene rings is 3. The second-order valence-electron chi connectivity index (χ2n) is 6.53. The smallest absolute Gasteiger partial charge is 0.192 e. The van der Waals surface area contributed by atoms with E-state index in [0.29, 0.717) is 35.5 Å². The van der Waals surface area contributed by atoms with Crippen LogP contribution < -0.4 is 10.2 Å². The lowest BCUT2D eigenvalue weighted by Crippen LogP contribution is -2.02. The second kappa shape index (κ2) is 8.40. The van der Waals surface area contributed by atoms with Gasteiger partial charge in [0.15, 0.2) is 5.43 Å². The van der Waals surface area contributed by atoms with E-state index in [0.717, 1.165) is 11.1 Å². The van der Waals surface area contributed by atoms with Gasteiger partial charge >= 0.3 is 0 Å². The van der Waals surface area contributed by atoms with Crippen LogP contribution in [0.3, 0.4) is 0 Å². The second-order valence-corrected chi connectivity index (χ2v) is 6.53. The monoisotopic (exact) mass is 368 g/mol. The molecule has 1 heterocycles. The summed E-state index contributed by atoms with van der Waals surface area (Å²) < 4.78 is 11.8. The summed E-state index contributed by atoms with van der Waals surface area (Å²) in [7, 11) is 0. The van der Waals surface area contributed by atoms with Crippen LogP contribution in [0.1, 0.15) is 16.9 Å². The summed E-state index contributed by atoms with van der Waals surface area (Å²) in [5.41, 5.74) is 2.70. The molecular formula is C25H20O3. The van der Waals surface area contributed by atoms with E-state index in [4.69, 9.17) is 9.15 Å². The third kappa shape index (κ3) is 4.38. The van der Waals surface area contributed by atoms with Crippen LogP contribution in [0, 0.1) is 0 Å². The van der Waals surface area contributed by atoms with Crippen molar-refractivity contribution in [3.05, 3.63) is 118 Å². The van der Waals surface area contributed by atoms with Gasteiger partial charge in [0.05, 0.1) is 5.39 Å². The quantitative estimate of drug-likeness (QED) is 0.443. The molecule has 0 N–H and O–H groups in total. The molecule has 0 unspecified atom stereocenters. The largest absolute Gasteiger partial charge is 0.489 e. The van der Waals surface area contributed by atoms with Crippen molar-refractivity contribution < 1.29 is 9.15 Å². The highest BCUT2D eigenvalue weighted by Crippen LogP contribution is 2.21. The summed E-state index contributed by atoms with van der Waals surface area (Å²) in [6.07, 6.45) is 4.56. The molecule has 0 bridgehead atoms. The molecule has 1 aromatic heterocycles. The Labute approximate surface area is 163 Å². The van der Waals surface area contributed by atoms with Crippen LogP contribution in [0.15, 0.2) is 100 Å². The average molecular weight is 368 g/mol. The first-order chi connectivity index (χ1) is 13.8. The number of fused-ring (bicyclic) bond motifs is 1. The van der Waals surface area contributed by atoms with Gasteiger partial charge < -0.3 is 9.15 Å².